The summed E-state index contributed by atoms with van der Waals surface area (Å²) in [5.74, 6) is 0.688. The van der Waals surface area contributed by atoms with Crippen LogP contribution in [0.5, 0.6) is 11.5 Å². The monoisotopic (exact) mass is 456 g/mol. The number of rotatable bonds is 9. The van der Waals surface area contributed by atoms with Crippen LogP contribution in [0.3, 0.4) is 0 Å². The zero-order valence-electron chi connectivity index (χ0n) is 19.6. The highest BCUT2D eigenvalue weighted by molar-refractivity contribution is 6.46. The van der Waals surface area contributed by atoms with Gasteiger partial charge < -0.3 is 14.8 Å². The fraction of sp³-hybridized carbons (Fsp3) is 0.214. The van der Waals surface area contributed by atoms with Crippen molar-refractivity contribution in [2.24, 2.45) is 0 Å². The molecule has 0 fully saturated rings. The van der Waals surface area contributed by atoms with E-state index in [1.807, 2.05) is 81.4 Å². The number of aryl methyl sites for hydroxylation is 1. The zero-order valence-corrected chi connectivity index (χ0v) is 19.6. The van der Waals surface area contributed by atoms with Gasteiger partial charge >= 0.3 is 0 Å². The Kier molecular flexibility index (Phi) is 6.97. The van der Waals surface area contributed by atoms with Gasteiger partial charge in [0.15, 0.2) is 0 Å². The SMILES string of the molecule is CCCOc1ccc(C2=C(Nc3ccc(OCC)cc3)C(=O)N(c3ccc(C)cc3)C2=O)cc1. The molecule has 0 bridgehead atoms. The third kappa shape index (κ3) is 4.81. The number of nitrogens with one attached hydrogen (secondary N) is 1. The van der Waals surface area contributed by atoms with E-state index in [-0.39, 0.29) is 11.6 Å². The molecule has 1 heterocycles. The van der Waals surface area contributed by atoms with Crippen molar-refractivity contribution in [2.45, 2.75) is 27.2 Å². The number of carbonyl (C=O) groups excluding carboxylic acids is 2. The van der Waals surface area contributed by atoms with Crippen molar-refractivity contribution in [3.05, 3.63) is 89.6 Å². The van der Waals surface area contributed by atoms with Gasteiger partial charge in [0.25, 0.3) is 11.8 Å². The van der Waals surface area contributed by atoms with Crippen molar-refractivity contribution in [3.63, 3.8) is 0 Å². The second kappa shape index (κ2) is 10.3. The van der Waals surface area contributed by atoms with Gasteiger partial charge in [0.05, 0.1) is 24.5 Å². The number of ether oxygens (including phenoxy) is 2. The molecule has 0 saturated heterocycles. The lowest BCUT2D eigenvalue weighted by Crippen LogP contribution is -2.32. The lowest BCUT2D eigenvalue weighted by Gasteiger charge is -2.15. The summed E-state index contributed by atoms with van der Waals surface area (Å²) in [4.78, 5) is 28.3. The van der Waals surface area contributed by atoms with Gasteiger partial charge in [-0.05, 0) is 74.4 Å². The van der Waals surface area contributed by atoms with Gasteiger partial charge in [-0.1, -0.05) is 36.8 Å². The Balaban J connectivity index is 1.72. The van der Waals surface area contributed by atoms with Crippen molar-refractivity contribution < 1.29 is 19.1 Å². The molecular weight excluding hydrogens is 428 g/mol. The van der Waals surface area contributed by atoms with Gasteiger partial charge in [0.1, 0.15) is 17.2 Å². The minimum atomic E-state index is -0.399. The largest absolute Gasteiger partial charge is 0.494 e. The van der Waals surface area contributed by atoms with Crippen LogP contribution in [-0.2, 0) is 9.59 Å². The summed E-state index contributed by atoms with van der Waals surface area (Å²) in [5, 5.41) is 3.18. The van der Waals surface area contributed by atoms with E-state index in [2.05, 4.69) is 5.32 Å². The molecule has 2 amide bonds. The lowest BCUT2D eigenvalue weighted by molar-refractivity contribution is -0.120. The summed E-state index contributed by atoms with van der Waals surface area (Å²) < 4.78 is 11.2. The van der Waals surface area contributed by atoms with Crippen LogP contribution in [0.1, 0.15) is 31.4 Å². The molecule has 0 unspecified atom stereocenters. The summed E-state index contributed by atoms with van der Waals surface area (Å²) in [6, 6.07) is 21.9. The molecule has 0 spiro atoms. The summed E-state index contributed by atoms with van der Waals surface area (Å²) in [6.45, 7) is 7.11. The highest BCUT2D eigenvalue weighted by atomic mass is 16.5. The molecular formula is C28H28N2O4. The van der Waals surface area contributed by atoms with Crippen LogP contribution in [0.4, 0.5) is 11.4 Å². The van der Waals surface area contributed by atoms with E-state index in [0.717, 1.165) is 23.5 Å². The van der Waals surface area contributed by atoms with Crippen molar-refractivity contribution in [3.8, 4) is 11.5 Å². The van der Waals surface area contributed by atoms with E-state index in [0.29, 0.717) is 35.7 Å². The number of carbonyl (C=O) groups is 2. The molecule has 0 radical (unpaired) electrons. The van der Waals surface area contributed by atoms with Crippen LogP contribution in [0.15, 0.2) is 78.5 Å². The smallest absolute Gasteiger partial charge is 0.282 e. The molecule has 6 heteroatoms. The maximum absolute atomic E-state index is 13.6. The van der Waals surface area contributed by atoms with Crippen LogP contribution < -0.4 is 19.7 Å². The molecule has 0 saturated carbocycles. The molecule has 0 aromatic heterocycles. The zero-order chi connectivity index (χ0) is 24.1. The van der Waals surface area contributed by atoms with Crippen molar-refractivity contribution in [1.82, 2.24) is 0 Å². The van der Waals surface area contributed by atoms with E-state index >= 15 is 0 Å². The highest BCUT2D eigenvalue weighted by Gasteiger charge is 2.40. The van der Waals surface area contributed by atoms with E-state index in [4.69, 9.17) is 9.47 Å². The number of hydrogen-bond donors (Lipinski definition) is 1. The van der Waals surface area contributed by atoms with Crippen LogP contribution >= 0.6 is 0 Å². The Morgan fingerprint density at radius 3 is 2.00 bits per heavy atom. The fourth-order valence-corrected chi connectivity index (χ4v) is 3.73. The Labute approximate surface area is 199 Å². The first-order valence-electron chi connectivity index (χ1n) is 11.4. The predicted molar refractivity (Wildman–Crippen MR) is 134 cm³/mol. The summed E-state index contributed by atoms with van der Waals surface area (Å²) in [5.41, 5.74) is 3.46. The molecule has 1 aliphatic rings. The van der Waals surface area contributed by atoms with E-state index in [1.165, 1.54) is 4.90 Å². The molecule has 3 aromatic carbocycles. The van der Waals surface area contributed by atoms with Gasteiger partial charge in [-0.2, -0.15) is 0 Å². The van der Waals surface area contributed by atoms with E-state index in [1.54, 1.807) is 12.1 Å². The van der Waals surface area contributed by atoms with E-state index < -0.39 is 5.91 Å². The van der Waals surface area contributed by atoms with E-state index in [9.17, 15) is 9.59 Å². The molecule has 174 valence electrons. The van der Waals surface area contributed by atoms with Gasteiger partial charge in [-0.25, -0.2) is 4.90 Å². The minimum absolute atomic E-state index is 0.233. The Bertz CT molecular complexity index is 1200. The maximum Gasteiger partial charge on any atom is 0.282 e. The molecule has 1 N–H and O–H groups in total. The Morgan fingerprint density at radius 2 is 1.38 bits per heavy atom. The average Bonchev–Trinajstić information content (AvgIpc) is 3.09. The number of amides is 2. The molecule has 4 rings (SSSR count). The Hall–Kier alpha value is -4.06. The third-order valence-electron chi connectivity index (χ3n) is 5.43. The first-order valence-corrected chi connectivity index (χ1v) is 11.4. The Morgan fingerprint density at radius 1 is 0.765 bits per heavy atom. The normalized spacial score (nSPS) is 13.4. The van der Waals surface area contributed by atoms with Crippen LogP contribution in [0.2, 0.25) is 0 Å². The van der Waals surface area contributed by atoms with Gasteiger partial charge in [0, 0.05) is 5.69 Å². The molecule has 0 aliphatic carbocycles. The minimum Gasteiger partial charge on any atom is -0.494 e. The first-order chi connectivity index (χ1) is 16.5. The summed E-state index contributed by atoms with van der Waals surface area (Å²) >= 11 is 0. The van der Waals surface area contributed by atoms with Crippen LogP contribution in [0.25, 0.3) is 5.57 Å². The third-order valence-corrected chi connectivity index (χ3v) is 5.43. The predicted octanol–water partition coefficient (Wildman–Crippen LogP) is 5.58. The second-order valence-electron chi connectivity index (χ2n) is 7.99. The van der Waals surface area contributed by atoms with Crippen molar-refractivity contribution in [2.75, 3.05) is 23.4 Å². The lowest BCUT2D eigenvalue weighted by atomic mass is 10.0. The molecule has 3 aromatic rings. The average molecular weight is 457 g/mol. The number of benzene rings is 3. The molecule has 6 nitrogen and oxygen atoms in total. The van der Waals surface area contributed by atoms with Crippen molar-refractivity contribution in [1.29, 1.82) is 0 Å². The van der Waals surface area contributed by atoms with Gasteiger partial charge in [-0.3, -0.25) is 9.59 Å². The van der Waals surface area contributed by atoms with Crippen LogP contribution in [0, 0.1) is 6.92 Å². The quantitative estimate of drug-likeness (QED) is 0.426. The van der Waals surface area contributed by atoms with Gasteiger partial charge in [-0.15, -0.1) is 0 Å². The first kappa shape index (κ1) is 23.1. The molecule has 1 aliphatic heterocycles. The fourth-order valence-electron chi connectivity index (χ4n) is 3.73. The highest BCUT2D eigenvalue weighted by Crippen LogP contribution is 2.34. The van der Waals surface area contributed by atoms with Gasteiger partial charge in [0.2, 0.25) is 0 Å². The molecule has 34 heavy (non-hydrogen) atoms. The molecule has 0 atom stereocenters. The number of anilines is 2. The van der Waals surface area contributed by atoms with Crippen LogP contribution in [-0.4, -0.2) is 25.0 Å². The maximum atomic E-state index is 13.6. The summed E-state index contributed by atoms with van der Waals surface area (Å²) in [6.07, 6.45) is 0.904. The number of hydrogen-bond acceptors (Lipinski definition) is 5. The summed E-state index contributed by atoms with van der Waals surface area (Å²) in [7, 11) is 0. The van der Waals surface area contributed by atoms with Crippen molar-refractivity contribution >= 4 is 28.8 Å². The number of nitrogens with zero attached hydrogens (tertiary/aromatic N) is 1. The topological polar surface area (TPSA) is 67.9 Å². The standard InChI is InChI=1S/C28H28N2O4/c1-4-18-34-24-14-8-20(9-15-24)25-26(29-21-10-16-23(17-11-21)33-5-2)28(32)30(27(25)31)22-12-6-19(3)7-13-22/h6-17,29H,4-5,18H2,1-3H3. The second-order valence-corrected chi connectivity index (χ2v) is 7.99. The number of imide groups is 1.